The fourth-order valence-electron chi connectivity index (χ4n) is 1.19. The minimum Gasteiger partial charge on any atom is -0.449 e. The van der Waals surface area contributed by atoms with E-state index in [1.165, 1.54) is 5.56 Å². The quantitative estimate of drug-likeness (QED) is 0.707. The molecule has 3 nitrogen and oxygen atoms in total. The molecule has 2 heterocycles. The standard InChI is InChI=1S/C9H10N2O/c10-9-4-8(6-12-9)3-7-1-2-11-5-7/h1-2,4-6,11H,3,10H2. The maximum Gasteiger partial charge on any atom is 0.190 e. The van der Waals surface area contributed by atoms with E-state index in [0.717, 1.165) is 12.0 Å². The summed E-state index contributed by atoms with van der Waals surface area (Å²) in [5.74, 6) is 0.473. The minimum absolute atomic E-state index is 0.473. The van der Waals surface area contributed by atoms with Crippen molar-refractivity contribution in [2.24, 2.45) is 0 Å². The molecule has 0 radical (unpaired) electrons. The number of nitrogens with one attached hydrogen (secondary N) is 1. The van der Waals surface area contributed by atoms with Gasteiger partial charge in [-0.25, -0.2) is 0 Å². The molecular formula is C9H10N2O. The van der Waals surface area contributed by atoms with Gasteiger partial charge in [-0.15, -0.1) is 0 Å². The Morgan fingerprint density at radius 1 is 1.42 bits per heavy atom. The first-order valence-corrected chi connectivity index (χ1v) is 3.79. The molecule has 0 aliphatic carbocycles. The molecule has 62 valence electrons. The van der Waals surface area contributed by atoms with E-state index in [4.69, 9.17) is 10.2 Å². The smallest absolute Gasteiger partial charge is 0.190 e. The van der Waals surface area contributed by atoms with Crippen molar-refractivity contribution < 1.29 is 4.42 Å². The van der Waals surface area contributed by atoms with E-state index in [9.17, 15) is 0 Å². The highest BCUT2D eigenvalue weighted by molar-refractivity contribution is 5.31. The molecule has 0 aliphatic heterocycles. The average molecular weight is 162 g/mol. The number of H-pyrrole nitrogens is 1. The largest absolute Gasteiger partial charge is 0.449 e. The maximum atomic E-state index is 5.43. The Kier molecular flexibility index (Phi) is 1.63. The van der Waals surface area contributed by atoms with Crippen molar-refractivity contribution in [1.82, 2.24) is 4.98 Å². The molecule has 0 saturated carbocycles. The maximum absolute atomic E-state index is 5.43. The van der Waals surface area contributed by atoms with Crippen molar-refractivity contribution in [3.05, 3.63) is 41.9 Å². The van der Waals surface area contributed by atoms with Crippen LogP contribution in [0.2, 0.25) is 0 Å². The predicted molar refractivity (Wildman–Crippen MR) is 46.7 cm³/mol. The van der Waals surface area contributed by atoms with Crippen molar-refractivity contribution in [2.75, 3.05) is 5.73 Å². The number of aromatic nitrogens is 1. The van der Waals surface area contributed by atoms with Crippen LogP contribution >= 0.6 is 0 Å². The van der Waals surface area contributed by atoms with Gasteiger partial charge in [-0.3, -0.25) is 0 Å². The fraction of sp³-hybridized carbons (Fsp3) is 0.111. The van der Waals surface area contributed by atoms with Gasteiger partial charge in [-0.1, -0.05) is 0 Å². The highest BCUT2D eigenvalue weighted by Gasteiger charge is 1.99. The van der Waals surface area contributed by atoms with Crippen LogP contribution in [0.3, 0.4) is 0 Å². The second kappa shape index (κ2) is 2.77. The van der Waals surface area contributed by atoms with E-state index >= 15 is 0 Å². The zero-order valence-corrected chi connectivity index (χ0v) is 6.58. The first-order chi connectivity index (χ1) is 5.84. The molecule has 0 fully saturated rings. The topological polar surface area (TPSA) is 55.0 Å². The minimum atomic E-state index is 0.473. The van der Waals surface area contributed by atoms with Crippen molar-refractivity contribution in [3.63, 3.8) is 0 Å². The molecule has 2 rings (SSSR count). The van der Waals surface area contributed by atoms with E-state index in [2.05, 4.69) is 4.98 Å². The van der Waals surface area contributed by atoms with E-state index in [1.807, 2.05) is 24.5 Å². The number of nitrogen functional groups attached to an aromatic ring is 1. The molecule has 0 unspecified atom stereocenters. The van der Waals surface area contributed by atoms with E-state index in [0.29, 0.717) is 5.88 Å². The van der Waals surface area contributed by atoms with Gasteiger partial charge in [0.15, 0.2) is 5.88 Å². The highest BCUT2D eigenvalue weighted by atomic mass is 16.3. The molecule has 0 aliphatic rings. The Bertz CT molecular complexity index is 348. The normalized spacial score (nSPS) is 10.3. The summed E-state index contributed by atoms with van der Waals surface area (Å²) < 4.78 is 4.98. The van der Waals surface area contributed by atoms with Gasteiger partial charge >= 0.3 is 0 Å². The van der Waals surface area contributed by atoms with Crippen LogP contribution in [0.4, 0.5) is 5.88 Å². The molecule has 3 heteroatoms. The third-order valence-electron chi connectivity index (χ3n) is 1.74. The Hall–Kier alpha value is -1.64. The van der Waals surface area contributed by atoms with E-state index in [-0.39, 0.29) is 0 Å². The zero-order valence-electron chi connectivity index (χ0n) is 6.58. The van der Waals surface area contributed by atoms with Crippen molar-refractivity contribution in [3.8, 4) is 0 Å². The second-order valence-electron chi connectivity index (χ2n) is 2.75. The first-order valence-electron chi connectivity index (χ1n) is 3.79. The number of aromatic amines is 1. The lowest BCUT2D eigenvalue weighted by molar-refractivity contribution is 0.584. The second-order valence-corrected chi connectivity index (χ2v) is 2.75. The Morgan fingerprint density at radius 2 is 2.33 bits per heavy atom. The highest BCUT2D eigenvalue weighted by Crippen LogP contribution is 2.13. The summed E-state index contributed by atoms with van der Waals surface area (Å²) >= 11 is 0. The van der Waals surface area contributed by atoms with Gasteiger partial charge in [0.25, 0.3) is 0 Å². The van der Waals surface area contributed by atoms with Gasteiger partial charge in [0, 0.05) is 24.9 Å². The Balaban J connectivity index is 2.14. The Morgan fingerprint density at radius 3 is 2.92 bits per heavy atom. The molecule has 2 aromatic rings. The van der Waals surface area contributed by atoms with Gasteiger partial charge < -0.3 is 15.1 Å². The summed E-state index contributed by atoms with van der Waals surface area (Å²) in [6, 6.07) is 3.87. The van der Waals surface area contributed by atoms with Crippen LogP contribution in [0.1, 0.15) is 11.1 Å². The van der Waals surface area contributed by atoms with Crippen molar-refractivity contribution in [2.45, 2.75) is 6.42 Å². The van der Waals surface area contributed by atoms with Gasteiger partial charge in [0.1, 0.15) is 0 Å². The lowest BCUT2D eigenvalue weighted by Crippen LogP contribution is -1.82. The number of furan rings is 1. The number of hydrogen-bond acceptors (Lipinski definition) is 2. The number of anilines is 1. The fourth-order valence-corrected chi connectivity index (χ4v) is 1.19. The molecule has 2 aromatic heterocycles. The number of nitrogens with two attached hydrogens (primary N) is 1. The summed E-state index contributed by atoms with van der Waals surface area (Å²) in [4.78, 5) is 2.99. The van der Waals surface area contributed by atoms with Gasteiger partial charge in [0.2, 0.25) is 0 Å². The van der Waals surface area contributed by atoms with Crippen LogP contribution in [0.5, 0.6) is 0 Å². The molecule has 0 atom stereocenters. The molecule has 0 amide bonds. The molecule has 0 saturated heterocycles. The predicted octanol–water partition coefficient (Wildman–Crippen LogP) is 1.78. The van der Waals surface area contributed by atoms with Gasteiger partial charge in [-0.05, 0) is 17.2 Å². The lowest BCUT2D eigenvalue weighted by Gasteiger charge is -1.89. The lowest BCUT2D eigenvalue weighted by atomic mass is 10.1. The van der Waals surface area contributed by atoms with E-state index < -0.39 is 0 Å². The molecule has 3 N–H and O–H groups in total. The first kappa shape index (κ1) is 7.03. The zero-order chi connectivity index (χ0) is 8.39. The summed E-state index contributed by atoms with van der Waals surface area (Å²) in [6.45, 7) is 0. The molecule has 0 bridgehead atoms. The van der Waals surface area contributed by atoms with Crippen LogP contribution in [0.15, 0.2) is 35.2 Å². The van der Waals surface area contributed by atoms with Crippen molar-refractivity contribution >= 4 is 5.88 Å². The molecule has 0 aromatic carbocycles. The number of hydrogen-bond donors (Lipinski definition) is 2. The summed E-state index contributed by atoms with van der Waals surface area (Å²) in [7, 11) is 0. The van der Waals surface area contributed by atoms with Crippen LogP contribution in [0, 0.1) is 0 Å². The van der Waals surface area contributed by atoms with E-state index in [1.54, 1.807) is 6.26 Å². The van der Waals surface area contributed by atoms with Crippen LogP contribution in [-0.2, 0) is 6.42 Å². The van der Waals surface area contributed by atoms with Crippen LogP contribution < -0.4 is 5.73 Å². The molecule has 12 heavy (non-hydrogen) atoms. The van der Waals surface area contributed by atoms with Crippen LogP contribution in [-0.4, -0.2) is 4.98 Å². The summed E-state index contributed by atoms with van der Waals surface area (Å²) in [6.07, 6.45) is 6.41. The van der Waals surface area contributed by atoms with Gasteiger partial charge in [0.05, 0.1) is 6.26 Å². The monoisotopic (exact) mass is 162 g/mol. The summed E-state index contributed by atoms with van der Waals surface area (Å²) in [5.41, 5.74) is 7.77. The number of rotatable bonds is 2. The molecule has 0 spiro atoms. The summed E-state index contributed by atoms with van der Waals surface area (Å²) in [5, 5.41) is 0. The van der Waals surface area contributed by atoms with Gasteiger partial charge in [-0.2, -0.15) is 0 Å². The third-order valence-corrected chi connectivity index (χ3v) is 1.74. The Labute approximate surface area is 70.2 Å². The third kappa shape index (κ3) is 1.34. The molecular weight excluding hydrogens is 152 g/mol. The van der Waals surface area contributed by atoms with Crippen LogP contribution in [0.25, 0.3) is 0 Å². The van der Waals surface area contributed by atoms with Crippen molar-refractivity contribution in [1.29, 1.82) is 0 Å². The SMILES string of the molecule is Nc1cc(Cc2cc[nH]c2)co1. The average Bonchev–Trinajstić information content (AvgIpc) is 2.63.